The number of aromatic nitrogens is 2. The van der Waals surface area contributed by atoms with E-state index in [4.69, 9.17) is 0 Å². The maximum Gasteiger partial charge on any atom is 0.420 e. The van der Waals surface area contributed by atoms with Gasteiger partial charge in [-0.2, -0.15) is 13.2 Å². The van der Waals surface area contributed by atoms with E-state index in [2.05, 4.69) is 4.98 Å². The summed E-state index contributed by atoms with van der Waals surface area (Å²) in [6.45, 7) is 1.88. The molecule has 0 saturated heterocycles. The van der Waals surface area contributed by atoms with Crippen molar-refractivity contribution in [3.8, 4) is 11.1 Å². The van der Waals surface area contributed by atoms with Crippen molar-refractivity contribution in [2.75, 3.05) is 0 Å². The number of aryl methyl sites for hydroxylation is 1. The van der Waals surface area contributed by atoms with Crippen LogP contribution in [0.25, 0.3) is 16.8 Å². The molecular formula is C15H11F3N2. The Hall–Kier alpha value is -2.30. The molecule has 0 radical (unpaired) electrons. The van der Waals surface area contributed by atoms with Crippen LogP contribution in [-0.2, 0) is 6.18 Å². The van der Waals surface area contributed by atoms with E-state index in [9.17, 15) is 13.2 Å². The van der Waals surface area contributed by atoms with Crippen LogP contribution in [0.1, 0.15) is 11.1 Å². The molecule has 2 heterocycles. The van der Waals surface area contributed by atoms with Gasteiger partial charge in [0.1, 0.15) is 5.65 Å². The van der Waals surface area contributed by atoms with E-state index in [-0.39, 0.29) is 5.65 Å². The lowest BCUT2D eigenvalue weighted by Crippen LogP contribution is -2.08. The van der Waals surface area contributed by atoms with Crippen LogP contribution in [0, 0.1) is 6.92 Å². The van der Waals surface area contributed by atoms with Crippen molar-refractivity contribution in [2.24, 2.45) is 0 Å². The first-order chi connectivity index (χ1) is 9.47. The molecule has 0 spiro atoms. The van der Waals surface area contributed by atoms with Crippen LogP contribution in [-0.4, -0.2) is 9.38 Å². The maximum absolute atomic E-state index is 13.1. The minimum Gasteiger partial charge on any atom is -0.306 e. The van der Waals surface area contributed by atoms with Gasteiger partial charge in [0.25, 0.3) is 0 Å². The highest BCUT2D eigenvalue weighted by Crippen LogP contribution is 2.35. The summed E-state index contributed by atoms with van der Waals surface area (Å²) >= 11 is 0. The first-order valence-electron chi connectivity index (χ1n) is 6.07. The fourth-order valence-electron chi connectivity index (χ4n) is 2.29. The molecule has 2 aromatic heterocycles. The molecule has 20 heavy (non-hydrogen) atoms. The number of fused-ring (bicyclic) bond motifs is 1. The molecule has 0 amide bonds. The molecule has 5 heteroatoms. The Kier molecular flexibility index (Phi) is 2.78. The average Bonchev–Trinajstić information content (AvgIpc) is 2.85. The quantitative estimate of drug-likeness (QED) is 0.646. The molecule has 0 fully saturated rings. The number of pyridine rings is 1. The van der Waals surface area contributed by atoms with Crippen LogP contribution in [0.15, 0.2) is 48.9 Å². The number of imidazole rings is 1. The lowest BCUT2D eigenvalue weighted by molar-refractivity contribution is -0.136. The molecule has 0 unspecified atom stereocenters. The second-order valence-corrected chi connectivity index (χ2v) is 4.61. The number of hydrogen-bond donors (Lipinski definition) is 0. The monoisotopic (exact) mass is 276 g/mol. The van der Waals surface area contributed by atoms with Crippen molar-refractivity contribution in [3.05, 3.63) is 60.0 Å². The zero-order valence-corrected chi connectivity index (χ0v) is 10.6. The minimum atomic E-state index is -4.43. The van der Waals surface area contributed by atoms with Crippen molar-refractivity contribution in [2.45, 2.75) is 13.1 Å². The van der Waals surface area contributed by atoms with Crippen molar-refractivity contribution < 1.29 is 13.2 Å². The second kappa shape index (κ2) is 4.37. The Morgan fingerprint density at radius 3 is 2.60 bits per heavy atom. The van der Waals surface area contributed by atoms with E-state index in [1.54, 1.807) is 6.20 Å². The molecule has 102 valence electrons. The fraction of sp³-hybridized carbons (Fsp3) is 0.133. The van der Waals surface area contributed by atoms with Gasteiger partial charge < -0.3 is 4.40 Å². The Bertz CT molecular complexity index is 772. The summed E-state index contributed by atoms with van der Waals surface area (Å²) in [5, 5.41) is 0. The van der Waals surface area contributed by atoms with Crippen LogP contribution >= 0.6 is 0 Å². The van der Waals surface area contributed by atoms with Gasteiger partial charge >= 0.3 is 6.18 Å². The summed E-state index contributed by atoms with van der Waals surface area (Å²) in [5.74, 6) is 0. The van der Waals surface area contributed by atoms with E-state index >= 15 is 0 Å². The molecular weight excluding hydrogens is 265 g/mol. The highest BCUT2D eigenvalue weighted by molar-refractivity contribution is 5.70. The number of benzene rings is 1. The van der Waals surface area contributed by atoms with Crippen LogP contribution < -0.4 is 0 Å². The van der Waals surface area contributed by atoms with E-state index in [0.717, 1.165) is 17.2 Å². The van der Waals surface area contributed by atoms with Gasteiger partial charge in [-0.25, -0.2) is 4.98 Å². The molecule has 1 aromatic carbocycles. The number of alkyl halides is 3. The topological polar surface area (TPSA) is 17.3 Å². The van der Waals surface area contributed by atoms with Gasteiger partial charge in [0, 0.05) is 18.6 Å². The molecule has 3 aromatic rings. The van der Waals surface area contributed by atoms with Crippen molar-refractivity contribution >= 4 is 5.65 Å². The first-order valence-corrected chi connectivity index (χ1v) is 6.07. The highest BCUT2D eigenvalue weighted by atomic mass is 19.4. The van der Waals surface area contributed by atoms with E-state index < -0.39 is 11.7 Å². The third-order valence-corrected chi connectivity index (χ3v) is 3.25. The third kappa shape index (κ3) is 2.05. The molecule has 0 aliphatic heterocycles. The Labute approximate surface area is 113 Å². The normalized spacial score (nSPS) is 12.0. The number of rotatable bonds is 1. The van der Waals surface area contributed by atoms with Crippen LogP contribution in [0.2, 0.25) is 0 Å². The SMILES string of the molecule is Cc1ccccc1-c1cc(C(F)(F)F)c2nccn2c1. The van der Waals surface area contributed by atoms with Crippen molar-refractivity contribution in [1.29, 1.82) is 0 Å². The molecule has 0 aliphatic rings. The zero-order valence-electron chi connectivity index (χ0n) is 10.6. The Morgan fingerprint density at radius 2 is 1.90 bits per heavy atom. The van der Waals surface area contributed by atoms with Gasteiger partial charge in [0.15, 0.2) is 0 Å². The lowest BCUT2D eigenvalue weighted by atomic mass is 10.0. The molecule has 0 atom stereocenters. The summed E-state index contributed by atoms with van der Waals surface area (Å²) in [6, 6.07) is 8.52. The smallest absolute Gasteiger partial charge is 0.306 e. The standard InChI is InChI=1S/C15H11F3N2/c1-10-4-2-3-5-12(10)11-8-13(15(16,17)18)14-19-6-7-20(14)9-11/h2-9H,1H3. The summed E-state index contributed by atoms with van der Waals surface area (Å²) in [5.41, 5.74) is 1.45. The minimum absolute atomic E-state index is 0.0742. The van der Waals surface area contributed by atoms with Crippen LogP contribution in [0.4, 0.5) is 13.2 Å². The highest BCUT2D eigenvalue weighted by Gasteiger charge is 2.34. The van der Waals surface area contributed by atoms with Gasteiger partial charge in [-0.3, -0.25) is 0 Å². The molecule has 0 aliphatic carbocycles. The Morgan fingerprint density at radius 1 is 1.15 bits per heavy atom. The number of hydrogen-bond acceptors (Lipinski definition) is 1. The fourth-order valence-corrected chi connectivity index (χ4v) is 2.29. The first kappa shape index (κ1) is 12.7. The Balaban J connectivity index is 2.31. The van der Waals surface area contributed by atoms with E-state index in [1.807, 2.05) is 31.2 Å². The van der Waals surface area contributed by atoms with Gasteiger partial charge in [0.05, 0.1) is 5.56 Å². The van der Waals surface area contributed by atoms with Gasteiger partial charge in [-0.05, 0) is 29.7 Å². The maximum atomic E-state index is 13.1. The van der Waals surface area contributed by atoms with Crippen molar-refractivity contribution in [1.82, 2.24) is 9.38 Å². The molecule has 2 nitrogen and oxygen atoms in total. The summed E-state index contributed by atoms with van der Waals surface area (Å²) < 4.78 is 40.8. The summed E-state index contributed by atoms with van der Waals surface area (Å²) in [7, 11) is 0. The van der Waals surface area contributed by atoms with Crippen LogP contribution in [0.5, 0.6) is 0 Å². The van der Waals surface area contributed by atoms with Gasteiger partial charge in [-0.15, -0.1) is 0 Å². The van der Waals surface area contributed by atoms with Gasteiger partial charge in [0.2, 0.25) is 0 Å². The zero-order chi connectivity index (χ0) is 14.3. The van der Waals surface area contributed by atoms with Gasteiger partial charge in [-0.1, -0.05) is 24.3 Å². The predicted molar refractivity (Wildman–Crippen MR) is 70.4 cm³/mol. The number of halogens is 3. The summed E-state index contributed by atoms with van der Waals surface area (Å²) in [6.07, 6.45) is 0.129. The largest absolute Gasteiger partial charge is 0.420 e. The van der Waals surface area contributed by atoms with E-state index in [0.29, 0.717) is 5.56 Å². The molecule has 0 saturated carbocycles. The average molecular weight is 276 g/mol. The molecule has 0 N–H and O–H groups in total. The predicted octanol–water partition coefficient (Wildman–Crippen LogP) is 4.33. The van der Waals surface area contributed by atoms with Crippen molar-refractivity contribution in [3.63, 3.8) is 0 Å². The van der Waals surface area contributed by atoms with E-state index in [1.165, 1.54) is 16.8 Å². The lowest BCUT2D eigenvalue weighted by Gasteiger charge is -2.12. The van der Waals surface area contributed by atoms with Crippen LogP contribution in [0.3, 0.4) is 0 Å². The second-order valence-electron chi connectivity index (χ2n) is 4.61. The summed E-state index contributed by atoms with van der Waals surface area (Å²) in [4.78, 5) is 3.79. The molecule has 3 rings (SSSR count). The number of nitrogens with zero attached hydrogens (tertiary/aromatic N) is 2. The molecule has 0 bridgehead atoms. The third-order valence-electron chi connectivity index (χ3n) is 3.25.